The number of hydrogen-bond donors (Lipinski definition) is 2. The average molecular weight is 292 g/mol. The fourth-order valence-corrected chi connectivity index (χ4v) is 3.20. The number of carbonyl (C=O) groups excluding carboxylic acids is 1. The summed E-state index contributed by atoms with van der Waals surface area (Å²) in [6.07, 6.45) is 4.07. The average Bonchev–Trinajstić information content (AvgIpc) is 3.47. The molecule has 2 amide bonds. The highest BCUT2D eigenvalue weighted by atomic mass is 16.2. The first-order chi connectivity index (χ1) is 10.7. The summed E-state index contributed by atoms with van der Waals surface area (Å²) in [4.78, 5) is 12.5. The lowest BCUT2D eigenvalue weighted by molar-refractivity contribution is 0.230. The molecule has 2 aromatic carbocycles. The van der Waals surface area contributed by atoms with E-state index in [1.54, 1.807) is 0 Å². The second-order valence-electron chi connectivity index (χ2n) is 6.48. The molecule has 0 saturated heterocycles. The standard InChI is InChI=1S/C19H20N2O/c22-17(20-18(11-12-18)15-7-3-1-4-8-15)21-19(13-14-19)16-9-5-2-6-10-16/h1-10H,11-14H2,(H2,20,21,22). The number of carbonyl (C=O) groups is 1. The molecule has 2 fully saturated rings. The number of rotatable bonds is 4. The molecule has 0 bridgehead atoms. The van der Waals surface area contributed by atoms with Crippen LogP contribution in [0, 0.1) is 0 Å². The zero-order valence-electron chi connectivity index (χ0n) is 12.5. The highest BCUT2D eigenvalue weighted by molar-refractivity contribution is 5.77. The van der Waals surface area contributed by atoms with Crippen molar-refractivity contribution in [1.82, 2.24) is 10.6 Å². The fraction of sp³-hybridized carbons (Fsp3) is 0.316. The summed E-state index contributed by atoms with van der Waals surface area (Å²) >= 11 is 0. The molecule has 0 atom stereocenters. The molecular formula is C19H20N2O. The maximum absolute atomic E-state index is 12.5. The minimum Gasteiger partial charge on any atom is -0.329 e. The highest BCUT2D eigenvalue weighted by Gasteiger charge is 2.49. The Labute approximate surface area is 130 Å². The third kappa shape index (κ3) is 2.37. The Morgan fingerprint density at radius 3 is 1.36 bits per heavy atom. The van der Waals surface area contributed by atoms with Gasteiger partial charge in [-0.1, -0.05) is 60.7 Å². The van der Waals surface area contributed by atoms with Gasteiger partial charge >= 0.3 is 6.03 Å². The molecular weight excluding hydrogens is 272 g/mol. The van der Waals surface area contributed by atoms with Crippen LogP contribution in [0.4, 0.5) is 4.79 Å². The van der Waals surface area contributed by atoms with E-state index in [1.807, 2.05) is 36.4 Å². The van der Waals surface area contributed by atoms with Crippen molar-refractivity contribution in [1.29, 1.82) is 0 Å². The second kappa shape index (κ2) is 4.87. The summed E-state index contributed by atoms with van der Waals surface area (Å²) in [6, 6.07) is 20.5. The van der Waals surface area contributed by atoms with Gasteiger partial charge < -0.3 is 10.6 Å². The Hall–Kier alpha value is -2.29. The van der Waals surface area contributed by atoms with E-state index in [4.69, 9.17) is 0 Å². The van der Waals surface area contributed by atoms with Crippen LogP contribution in [-0.4, -0.2) is 6.03 Å². The second-order valence-corrected chi connectivity index (χ2v) is 6.48. The van der Waals surface area contributed by atoms with Crippen molar-refractivity contribution in [3.63, 3.8) is 0 Å². The third-order valence-corrected chi connectivity index (χ3v) is 4.86. The topological polar surface area (TPSA) is 41.1 Å². The van der Waals surface area contributed by atoms with E-state index < -0.39 is 0 Å². The van der Waals surface area contributed by atoms with Gasteiger partial charge in [0.15, 0.2) is 0 Å². The Balaban J connectivity index is 1.46. The van der Waals surface area contributed by atoms with Crippen molar-refractivity contribution < 1.29 is 4.79 Å². The number of amides is 2. The SMILES string of the molecule is O=C(NC1(c2ccccc2)CC1)NC1(c2ccccc2)CC1. The van der Waals surface area contributed by atoms with Gasteiger partial charge in [0.05, 0.1) is 11.1 Å². The Morgan fingerprint density at radius 2 is 1.05 bits per heavy atom. The molecule has 0 radical (unpaired) electrons. The molecule has 112 valence electrons. The summed E-state index contributed by atoms with van der Waals surface area (Å²) < 4.78 is 0. The van der Waals surface area contributed by atoms with Gasteiger partial charge in [0.1, 0.15) is 0 Å². The van der Waals surface area contributed by atoms with Crippen molar-refractivity contribution in [2.24, 2.45) is 0 Å². The first-order valence-electron chi connectivity index (χ1n) is 7.94. The van der Waals surface area contributed by atoms with E-state index in [2.05, 4.69) is 34.9 Å². The fourth-order valence-electron chi connectivity index (χ4n) is 3.20. The Bertz CT molecular complexity index is 614. The molecule has 0 heterocycles. The van der Waals surface area contributed by atoms with Crippen LogP contribution >= 0.6 is 0 Å². The lowest BCUT2D eigenvalue weighted by Crippen LogP contribution is -2.46. The molecule has 2 aliphatic rings. The predicted molar refractivity (Wildman–Crippen MR) is 86.4 cm³/mol. The van der Waals surface area contributed by atoms with Gasteiger partial charge in [-0.3, -0.25) is 0 Å². The molecule has 3 heteroatoms. The minimum atomic E-state index is -0.155. The van der Waals surface area contributed by atoms with Crippen LogP contribution < -0.4 is 10.6 Å². The molecule has 2 aromatic rings. The third-order valence-electron chi connectivity index (χ3n) is 4.86. The first kappa shape index (κ1) is 13.4. The van der Waals surface area contributed by atoms with E-state index in [-0.39, 0.29) is 17.1 Å². The van der Waals surface area contributed by atoms with Gasteiger partial charge in [-0.25, -0.2) is 4.79 Å². The van der Waals surface area contributed by atoms with Crippen molar-refractivity contribution in [3.8, 4) is 0 Å². The number of urea groups is 1. The first-order valence-corrected chi connectivity index (χ1v) is 7.94. The molecule has 0 aliphatic heterocycles. The molecule has 22 heavy (non-hydrogen) atoms. The summed E-state index contributed by atoms with van der Waals surface area (Å²) in [7, 11) is 0. The quantitative estimate of drug-likeness (QED) is 0.887. The Kier molecular flexibility index (Phi) is 2.96. The largest absolute Gasteiger partial charge is 0.329 e. The van der Waals surface area contributed by atoms with Crippen LogP contribution in [0.1, 0.15) is 36.8 Å². The van der Waals surface area contributed by atoms with Crippen LogP contribution in [0.3, 0.4) is 0 Å². The van der Waals surface area contributed by atoms with Crippen molar-refractivity contribution >= 4 is 6.03 Å². The summed E-state index contributed by atoms with van der Waals surface area (Å²) in [5.74, 6) is 0. The van der Waals surface area contributed by atoms with Gasteiger partial charge in [-0.05, 0) is 36.8 Å². The molecule has 0 unspecified atom stereocenters. The van der Waals surface area contributed by atoms with E-state index >= 15 is 0 Å². The van der Waals surface area contributed by atoms with E-state index in [9.17, 15) is 4.79 Å². The zero-order chi connectivity index (χ0) is 15.0. The maximum atomic E-state index is 12.5. The van der Waals surface area contributed by atoms with E-state index in [0.29, 0.717) is 0 Å². The minimum absolute atomic E-state index is 0.0530. The van der Waals surface area contributed by atoms with Crippen molar-refractivity contribution in [2.75, 3.05) is 0 Å². The van der Waals surface area contributed by atoms with Crippen molar-refractivity contribution in [2.45, 2.75) is 36.8 Å². The molecule has 2 saturated carbocycles. The van der Waals surface area contributed by atoms with Crippen LogP contribution in [0.25, 0.3) is 0 Å². The van der Waals surface area contributed by atoms with Gasteiger partial charge in [-0.2, -0.15) is 0 Å². The molecule has 2 N–H and O–H groups in total. The predicted octanol–water partition coefficient (Wildman–Crippen LogP) is 3.66. The maximum Gasteiger partial charge on any atom is 0.316 e. The summed E-state index contributed by atoms with van der Waals surface area (Å²) in [5.41, 5.74) is 2.10. The number of nitrogens with one attached hydrogen (secondary N) is 2. The molecule has 0 spiro atoms. The van der Waals surface area contributed by atoms with Gasteiger partial charge in [-0.15, -0.1) is 0 Å². The van der Waals surface area contributed by atoms with Crippen LogP contribution in [-0.2, 0) is 11.1 Å². The monoisotopic (exact) mass is 292 g/mol. The molecule has 0 aromatic heterocycles. The van der Waals surface area contributed by atoms with Gasteiger partial charge in [0.2, 0.25) is 0 Å². The summed E-state index contributed by atoms with van der Waals surface area (Å²) in [6.45, 7) is 0. The molecule has 4 rings (SSSR count). The smallest absolute Gasteiger partial charge is 0.316 e. The number of benzene rings is 2. The number of hydrogen-bond acceptors (Lipinski definition) is 1. The van der Waals surface area contributed by atoms with Crippen molar-refractivity contribution in [3.05, 3.63) is 71.8 Å². The van der Waals surface area contributed by atoms with E-state index in [1.165, 1.54) is 11.1 Å². The van der Waals surface area contributed by atoms with E-state index in [0.717, 1.165) is 25.7 Å². The Morgan fingerprint density at radius 1 is 0.682 bits per heavy atom. The van der Waals surface area contributed by atoms with Crippen LogP contribution in [0.5, 0.6) is 0 Å². The summed E-state index contributed by atoms with van der Waals surface area (Å²) in [5, 5.41) is 6.40. The van der Waals surface area contributed by atoms with Gasteiger partial charge in [0, 0.05) is 0 Å². The normalized spacial score (nSPS) is 20.0. The molecule has 3 nitrogen and oxygen atoms in total. The zero-order valence-corrected chi connectivity index (χ0v) is 12.5. The van der Waals surface area contributed by atoms with Crippen LogP contribution in [0.15, 0.2) is 60.7 Å². The highest BCUT2D eigenvalue weighted by Crippen LogP contribution is 2.47. The lowest BCUT2D eigenvalue weighted by Gasteiger charge is -2.23. The molecule has 2 aliphatic carbocycles. The van der Waals surface area contributed by atoms with Gasteiger partial charge in [0.25, 0.3) is 0 Å². The van der Waals surface area contributed by atoms with Crippen LogP contribution in [0.2, 0.25) is 0 Å². The lowest BCUT2D eigenvalue weighted by atomic mass is 10.0.